The molecule has 1 spiro atoms. The van der Waals surface area contributed by atoms with E-state index in [0.717, 1.165) is 62.2 Å². The lowest BCUT2D eigenvalue weighted by Crippen LogP contribution is -2.75. The monoisotopic (exact) mass is 565 g/mol. The Morgan fingerprint density at radius 2 is 1.76 bits per heavy atom. The van der Waals surface area contributed by atoms with Crippen molar-refractivity contribution < 1.29 is 24.1 Å². The molecule has 2 bridgehead atoms. The van der Waals surface area contributed by atoms with Crippen LogP contribution in [0.3, 0.4) is 0 Å². The molecule has 5 aliphatic rings. The lowest BCUT2D eigenvalue weighted by molar-refractivity contribution is -0.174. The van der Waals surface area contributed by atoms with Crippen molar-refractivity contribution in [3.8, 4) is 11.5 Å². The number of benzene rings is 1. The van der Waals surface area contributed by atoms with Gasteiger partial charge in [-0.2, -0.15) is 0 Å². The summed E-state index contributed by atoms with van der Waals surface area (Å²) in [5.41, 5.74) is 1.93. The maximum Gasteiger partial charge on any atom is 0.513 e. The normalized spacial score (nSPS) is 29.7. The highest BCUT2D eigenvalue weighted by atomic mass is 16.7. The van der Waals surface area contributed by atoms with E-state index in [2.05, 4.69) is 24.5 Å². The van der Waals surface area contributed by atoms with Crippen LogP contribution in [0.15, 0.2) is 24.3 Å². The number of nitrogens with zero attached hydrogens (tertiary/aromatic N) is 1. The molecule has 226 valence electrons. The summed E-state index contributed by atoms with van der Waals surface area (Å²) in [7, 11) is 0. The van der Waals surface area contributed by atoms with Gasteiger partial charge >= 0.3 is 6.16 Å². The first-order valence-electron chi connectivity index (χ1n) is 16.8. The molecule has 6 heteroatoms. The number of aliphatic hydroxyl groups is 1. The van der Waals surface area contributed by atoms with E-state index in [9.17, 15) is 9.90 Å². The van der Waals surface area contributed by atoms with Crippen LogP contribution in [0.1, 0.15) is 121 Å². The molecule has 4 unspecified atom stereocenters. The minimum atomic E-state index is -0.863. The van der Waals surface area contributed by atoms with Gasteiger partial charge in [-0.1, -0.05) is 83.8 Å². The van der Waals surface area contributed by atoms with Crippen molar-refractivity contribution >= 4 is 6.16 Å². The summed E-state index contributed by atoms with van der Waals surface area (Å²) in [6.07, 6.45) is 18.6. The summed E-state index contributed by atoms with van der Waals surface area (Å²) in [6.45, 7) is 9.06. The molecule has 3 aliphatic carbocycles. The molecule has 1 aromatic rings. The molecule has 6 nitrogen and oxygen atoms in total. The van der Waals surface area contributed by atoms with Gasteiger partial charge in [0.2, 0.25) is 0 Å². The highest BCUT2D eigenvalue weighted by Crippen LogP contribution is 2.66. The zero-order valence-electron chi connectivity index (χ0n) is 25.3. The third-order valence-electron chi connectivity index (χ3n) is 10.9. The molecule has 41 heavy (non-hydrogen) atoms. The Morgan fingerprint density at radius 3 is 2.46 bits per heavy atom. The van der Waals surface area contributed by atoms with Gasteiger partial charge in [-0.05, 0) is 74.6 Å². The van der Waals surface area contributed by atoms with Crippen molar-refractivity contribution in [2.24, 2.45) is 5.92 Å². The SMILES string of the molecule is C=C1CCC2(O)C3Cc4ccc(OC(=O)OCCCCCCCCCCCCC)c5c4C2(CCN3CC2CC2)C1O5. The summed E-state index contributed by atoms with van der Waals surface area (Å²) in [6, 6.07) is 4.04. The van der Waals surface area contributed by atoms with Crippen LogP contribution in [0, 0.1) is 5.92 Å². The van der Waals surface area contributed by atoms with Gasteiger partial charge in [-0.25, -0.2) is 4.79 Å². The summed E-state index contributed by atoms with van der Waals surface area (Å²) >= 11 is 0. The number of ether oxygens (including phenoxy) is 3. The van der Waals surface area contributed by atoms with Crippen LogP contribution in [-0.4, -0.2) is 53.6 Å². The minimum Gasteiger partial charge on any atom is -0.481 e. The molecule has 0 aromatic heterocycles. The highest BCUT2D eigenvalue weighted by molar-refractivity contribution is 5.70. The Morgan fingerprint density at radius 1 is 1.05 bits per heavy atom. The van der Waals surface area contributed by atoms with E-state index in [4.69, 9.17) is 14.2 Å². The number of hydrogen-bond donors (Lipinski definition) is 1. The molecule has 1 N–H and O–H groups in total. The van der Waals surface area contributed by atoms with Gasteiger partial charge in [0.25, 0.3) is 0 Å². The topological polar surface area (TPSA) is 68.2 Å². The van der Waals surface area contributed by atoms with Gasteiger partial charge in [-0.15, -0.1) is 0 Å². The lowest BCUT2D eigenvalue weighted by Gasteiger charge is -2.63. The van der Waals surface area contributed by atoms with Gasteiger partial charge in [0.05, 0.1) is 17.6 Å². The van der Waals surface area contributed by atoms with Gasteiger partial charge < -0.3 is 19.3 Å². The Labute approximate surface area is 246 Å². The second-order valence-electron chi connectivity index (χ2n) is 13.6. The molecular formula is C35H51NO5. The fraction of sp³-hybridized carbons (Fsp3) is 0.743. The number of carbonyl (C=O) groups is 1. The standard InChI is InChI=1S/C35H51NO5/c1-3-4-5-6-7-8-9-10-11-12-13-22-39-33(37)40-28-17-16-27-23-29-35(38)19-18-25(2)32-34(35,30(27)31(28)41-32)20-21-36(29)24-26-14-15-26/h16-17,26,29,32,38H,2-15,18-24H2,1H3. The Kier molecular flexibility index (Phi) is 8.70. The zero-order valence-corrected chi connectivity index (χ0v) is 25.3. The number of unbranched alkanes of at least 4 members (excludes halogenated alkanes) is 10. The van der Waals surface area contributed by atoms with E-state index in [0.29, 0.717) is 24.5 Å². The van der Waals surface area contributed by atoms with Crippen molar-refractivity contribution in [1.29, 1.82) is 0 Å². The Balaban J connectivity index is 1.04. The summed E-state index contributed by atoms with van der Waals surface area (Å²) in [5.74, 6) is 1.81. The maximum absolute atomic E-state index is 12.7. The van der Waals surface area contributed by atoms with Crippen LogP contribution in [0.2, 0.25) is 0 Å². The third-order valence-corrected chi connectivity index (χ3v) is 10.9. The predicted molar refractivity (Wildman–Crippen MR) is 161 cm³/mol. The van der Waals surface area contributed by atoms with E-state index in [1.54, 1.807) is 0 Å². The predicted octanol–water partition coefficient (Wildman–Crippen LogP) is 7.63. The molecule has 3 fully saturated rings. The van der Waals surface area contributed by atoms with Crippen LogP contribution >= 0.6 is 0 Å². The fourth-order valence-corrected chi connectivity index (χ4v) is 8.50. The number of hydrogen-bond acceptors (Lipinski definition) is 6. The first kappa shape index (κ1) is 29.0. The smallest absolute Gasteiger partial charge is 0.481 e. The molecule has 1 aromatic carbocycles. The van der Waals surface area contributed by atoms with E-state index >= 15 is 0 Å². The van der Waals surface area contributed by atoms with Crippen LogP contribution in [-0.2, 0) is 16.6 Å². The molecule has 1 saturated heterocycles. The van der Waals surface area contributed by atoms with Crippen LogP contribution in [0.25, 0.3) is 0 Å². The first-order valence-corrected chi connectivity index (χ1v) is 16.8. The second-order valence-corrected chi connectivity index (χ2v) is 13.6. The summed E-state index contributed by atoms with van der Waals surface area (Å²) in [5, 5.41) is 12.5. The molecule has 6 rings (SSSR count). The first-order chi connectivity index (χ1) is 20.0. The van der Waals surface area contributed by atoms with Gasteiger partial charge in [0.15, 0.2) is 11.5 Å². The Bertz CT molecular complexity index is 1110. The van der Waals surface area contributed by atoms with Crippen molar-refractivity contribution in [2.45, 2.75) is 139 Å². The summed E-state index contributed by atoms with van der Waals surface area (Å²) in [4.78, 5) is 15.3. The summed E-state index contributed by atoms with van der Waals surface area (Å²) < 4.78 is 17.8. The lowest BCUT2D eigenvalue weighted by atomic mass is 9.48. The average molecular weight is 566 g/mol. The second kappa shape index (κ2) is 12.3. The number of piperidine rings is 1. The van der Waals surface area contributed by atoms with E-state index in [1.165, 1.54) is 76.2 Å². The quantitative estimate of drug-likeness (QED) is 0.102. The van der Waals surface area contributed by atoms with Crippen molar-refractivity contribution in [3.63, 3.8) is 0 Å². The number of rotatable bonds is 15. The molecule has 2 heterocycles. The van der Waals surface area contributed by atoms with E-state index < -0.39 is 17.2 Å². The van der Waals surface area contributed by atoms with Crippen molar-refractivity contribution in [2.75, 3.05) is 19.7 Å². The molecule has 2 aliphatic heterocycles. The van der Waals surface area contributed by atoms with Crippen LogP contribution < -0.4 is 9.47 Å². The van der Waals surface area contributed by atoms with E-state index in [-0.39, 0.29) is 12.1 Å². The average Bonchev–Trinajstić information content (AvgIpc) is 3.70. The molecule has 0 amide bonds. The molecule has 2 saturated carbocycles. The highest BCUT2D eigenvalue weighted by Gasteiger charge is 2.72. The van der Waals surface area contributed by atoms with Crippen molar-refractivity contribution in [3.05, 3.63) is 35.4 Å². The maximum atomic E-state index is 12.7. The third kappa shape index (κ3) is 5.44. The Hall–Kier alpha value is -2.05. The molecular weight excluding hydrogens is 514 g/mol. The fourth-order valence-electron chi connectivity index (χ4n) is 8.50. The number of carbonyl (C=O) groups excluding carboxylic acids is 1. The largest absolute Gasteiger partial charge is 0.513 e. The molecule has 0 radical (unpaired) electrons. The zero-order chi connectivity index (χ0) is 28.5. The van der Waals surface area contributed by atoms with Crippen molar-refractivity contribution in [1.82, 2.24) is 4.90 Å². The minimum absolute atomic E-state index is 0.0945. The van der Waals surface area contributed by atoms with Gasteiger partial charge in [-0.3, -0.25) is 4.90 Å². The van der Waals surface area contributed by atoms with Gasteiger partial charge in [0.1, 0.15) is 6.10 Å². The van der Waals surface area contributed by atoms with Crippen LogP contribution in [0.5, 0.6) is 11.5 Å². The van der Waals surface area contributed by atoms with E-state index in [1.807, 2.05) is 6.07 Å². The number of likely N-dealkylation sites (tertiary alicyclic amines) is 1. The van der Waals surface area contributed by atoms with Crippen LogP contribution in [0.4, 0.5) is 4.79 Å². The molecule has 4 atom stereocenters. The van der Waals surface area contributed by atoms with Gasteiger partial charge in [0, 0.05) is 18.2 Å².